The Morgan fingerprint density at radius 3 is 2.52 bits per heavy atom. The molecule has 1 heterocycles. The Balaban J connectivity index is 2.18. The summed E-state index contributed by atoms with van der Waals surface area (Å²) in [4.78, 5) is 0.399. The van der Waals surface area contributed by atoms with Crippen LogP contribution in [-0.4, -0.2) is 37.4 Å². The molecule has 120 valence electrons. The van der Waals surface area contributed by atoms with Crippen molar-refractivity contribution in [3.05, 3.63) is 18.0 Å². The summed E-state index contributed by atoms with van der Waals surface area (Å²) in [5.41, 5.74) is 0.974. The van der Waals surface area contributed by atoms with Crippen molar-refractivity contribution in [1.82, 2.24) is 14.2 Å². The molecule has 0 spiro atoms. The highest BCUT2D eigenvalue weighted by Crippen LogP contribution is 2.29. The van der Waals surface area contributed by atoms with E-state index in [1.54, 1.807) is 23.6 Å². The van der Waals surface area contributed by atoms with E-state index in [-0.39, 0.29) is 6.04 Å². The van der Waals surface area contributed by atoms with E-state index in [0.717, 1.165) is 37.3 Å². The molecule has 0 amide bonds. The largest absolute Gasteiger partial charge is 0.352 e. The molecule has 0 unspecified atom stereocenters. The summed E-state index contributed by atoms with van der Waals surface area (Å²) in [5.74, 6) is 0.719. The van der Waals surface area contributed by atoms with Gasteiger partial charge in [0.2, 0.25) is 10.0 Å². The third-order valence-corrected chi connectivity index (χ3v) is 6.49. The van der Waals surface area contributed by atoms with Gasteiger partial charge in [0.15, 0.2) is 0 Å². The molecule has 1 aliphatic rings. The maximum Gasteiger partial charge on any atom is 0.244 e. The van der Waals surface area contributed by atoms with Gasteiger partial charge in [-0.25, -0.2) is 8.42 Å². The zero-order valence-corrected chi connectivity index (χ0v) is 14.3. The third kappa shape index (κ3) is 3.49. The molecule has 0 aromatic carbocycles. The third-order valence-electron chi connectivity index (χ3n) is 4.62. The average Bonchev–Trinajstić information content (AvgIpc) is 2.81. The van der Waals surface area contributed by atoms with Gasteiger partial charge in [-0.2, -0.15) is 4.31 Å². The quantitative estimate of drug-likeness (QED) is 0.904. The smallest absolute Gasteiger partial charge is 0.244 e. The molecule has 0 radical (unpaired) electrons. The normalized spacial score (nSPS) is 23.7. The van der Waals surface area contributed by atoms with E-state index in [1.165, 1.54) is 0 Å². The van der Waals surface area contributed by atoms with E-state index in [0.29, 0.717) is 11.4 Å². The Bertz CT molecular complexity index is 572. The molecule has 6 heteroatoms. The van der Waals surface area contributed by atoms with Crippen LogP contribution in [0.3, 0.4) is 0 Å². The van der Waals surface area contributed by atoms with Crippen molar-refractivity contribution in [3.8, 4) is 0 Å². The Morgan fingerprint density at radius 2 is 1.95 bits per heavy atom. The second kappa shape index (κ2) is 6.50. The average molecular weight is 313 g/mol. The van der Waals surface area contributed by atoms with Crippen LogP contribution in [0.1, 0.15) is 38.3 Å². The van der Waals surface area contributed by atoms with Crippen LogP contribution in [0.15, 0.2) is 17.2 Å². The maximum atomic E-state index is 12.8. The SMILES string of the molecule is CNCc1cc(S(=O)(=O)N(C)C2CCC(C)CC2)cn1C. The van der Waals surface area contributed by atoms with E-state index in [2.05, 4.69) is 12.2 Å². The molecule has 1 saturated carbocycles. The topological polar surface area (TPSA) is 54.3 Å². The monoisotopic (exact) mass is 313 g/mol. The lowest BCUT2D eigenvalue weighted by molar-refractivity contribution is 0.246. The lowest BCUT2D eigenvalue weighted by Crippen LogP contribution is -2.39. The summed E-state index contributed by atoms with van der Waals surface area (Å²) in [6, 6.07) is 1.91. The van der Waals surface area contributed by atoms with Crippen LogP contribution >= 0.6 is 0 Å². The van der Waals surface area contributed by atoms with Gasteiger partial charge in [0.25, 0.3) is 0 Å². The number of nitrogens with zero attached hydrogens (tertiary/aromatic N) is 2. The number of aromatic nitrogens is 1. The van der Waals surface area contributed by atoms with Crippen molar-refractivity contribution in [2.45, 2.75) is 50.1 Å². The molecule has 1 fully saturated rings. The Kier molecular flexibility index (Phi) is 5.11. The molecule has 1 aromatic heterocycles. The van der Waals surface area contributed by atoms with E-state index in [9.17, 15) is 8.42 Å². The molecule has 0 saturated heterocycles. The fraction of sp³-hybridized carbons (Fsp3) is 0.733. The van der Waals surface area contributed by atoms with Gasteiger partial charge in [-0.1, -0.05) is 6.92 Å². The van der Waals surface area contributed by atoms with Gasteiger partial charge < -0.3 is 9.88 Å². The second-order valence-electron chi connectivity index (χ2n) is 6.24. The first-order valence-electron chi connectivity index (χ1n) is 7.64. The number of hydrogen-bond donors (Lipinski definition) is 1. The van der Waals surface area contributed by atoms with Gasteiger partial charge in [-0.05, 0) is 44.7 Å². The zero-order chi connectivity index (χ0) is 15.6. The molecule has 0 aliphatic heterocycles. The standard InChI is InChI=1S/C15H27N3O2S/c1-12-5-7-13(8-6-12)18(4)21(19,20)15-9-14(10-16-2)17(3)11-15/h9,11-13,16H,5-8,10H2,1-4H3. The Hall–Kier alpha value is -0.850. The number of rotatable bonds is 5. The highest BCUT2D eigenvalue weighted by atomic mass is 32.2. The van der Waals surface area contributed by atoms with Crippen LogP contribution in [0.4, 0.5) is 0 Å². The minimum Gasteiger partial charge on any atom is -0.352 e. The molecule has 21 heavy (non-hydrogen) atoms. The summed E-state index contributed by atoms with van der Waals surface area (Å²) >= 11 is 0. The van der Waals surface area contributed by atoms with E-state index in [4.69, 9.17) is 0 Å². The molecule has 1 aliphatic carbocycles. The maximum absolute atomic E-state index is 12.8. The van der Waals surface area contributed by atoms with Crippen LogP contribution in [0, 0.1) is 5.92 Å². The van der Waals surface area contributed by atoms with Crippen molar-refractivity contribution in [2.75, 3.05) is 14.1 Å². The highest BCUT2D eigenvalue weighted by Gasteiger charge is 2.31. The van der Waals surface area contributed by atoms with Gasteiger partial charge in [-0.3, -0.25) is 0 Å². The van der Waals surface area contributed by atoms with Crippen LogP contribution in [0.2, 0.25) is 0 Å². The van der Waals surface area contributed by atoms with Crippen LogP contribution < -0.4 is 5.32 Å². The van der Waals surface area contributed by atoms with Gasteiger partial charge in [0.1, 0.15) is 4.90 Å². The number of nitrogens with one attached hydrogen (secondary N) is 1. The molecular weight excluding hydrogens is 286 g/mol. The predicted octanol–water partition coefficient (Wildman–Crippen LogP) is 1.94. The fourth-order valence-electron chi connectivity index (χ4n) is 3.04. The predicted molar refractivity (Wildman–Crippen MR) is 84.5 cm³/mol. The first-order chi connectivity index (χ1) is 9.86. The zero-order valence-electron chi connectivity index (χ0n) is 13.5. The summed E-state index contributed by atoms with van der Waals surface area (Å²) in [6.45, 7) is 2.91. The van der Waals surface area contributed by atoms with E-state index >= 15 is 0 Å². The van der Waals surface area contributed by atoms with Crippen LogP contribution in [0.5, 0.6) is 0 Å². The summed E-state index contributed by atoms with van der Waals surface area (Å²) < 4.78 is 29.0. The lowest BCUT2D eigenvalue weighted by Gasteiger charge is -2.32. The van der Waals surface area contributed by atoms with Gasteiger partial charge in [-0.15, -0.1) is 0 Å². The molecule has 5 nitrogen and oxygen atoms in total. The number of aryl methyl sites for hydroxylation is 1. The van der Waals surface area contributed by atoms with E-state index in [1.807, 2.05) is 18.7 Å². The first-order valence-corrected chi connectivity index (χ1v) is 9.08. The first kappa shape index (κ1) is 16.5. The van der Waals surface area contributed by atoms with Crippen molar-refractivity contribution in [1.29, 1.82) is 0 Å². The van der Waals surface area contributed by atoms with Gasteiger partial charge in [0, 0.05) is 38.6 Å². The van der Waals surface area contributed by atoms with Gasteiger partial charge >= 0.3 is 0 Å². The fourth-order valence-corrected chi connectivity index (χ4v) is 4.56. The lowest BCUT2D eigenvalue weighted by atomic mass is 9.87. The van der Waals surface area contributed by atoms with Crippen LogP contribution in [0.25, 0.3) is 0 Å². The number of sulfonamides is 1. The molecule has 0 atom stereocenters. The summed E-state index contributed by atoms with van der Waals surface area (Å²) in [6.07, 6.45) is 5.87. The molecule has 1 aromatic rings. The Labute approximate surface area is 128 Å². The van der Waals surface area contributed by atoms with Crippen molar-refractivity contribution in [3.63, 3.8) is 0 Å². The van der Waals surface area contributed by atoms with Gasteiger partial charge in [0.05, 0.1) is 0 Å². The minimum absolute atomic E-state index is 0.138. The summed E-state index contributed by atoms with van der Waals surface area (Å²) in [5, 5.41) is 3.06. The number of hydrogen-bond acceptors (Lipinski definition) is 3. The molecule has 2 rings (SSSR count). The van der Waals surface area contributed by atoms with Crippen molar-refractivity contribution >= 4 is 10.0 Å². The molecular formula is C15H27N3O2S. The summed E-state index contributed by atoms with van der Waals surface area (Å²) in [7, 11) is 2.07. The van der Waals surface area contributed by atoms with Crippen molar-refractivity contribution < 1.29 is 8.42 Å². The van der Waals surface area contributed by atoms with Crippen LogP contribution in [-0.2, 0) is 23.6 Å². The minimum atomic E-state index is -3.39. The van der Waals surface area contributed by atoms with E-state index < -0.39 is 10.0 Å². The Morgan fingerprint density at radius 1 is 1.33 bits per heavy atom. The van der Waals surface area contributed by atoms with Crippen molar-refractivity contribution in [2.24, 2.45) is 13.0 Å². The second-order valence-corrected chi connectivity index (χ2v) is 8.24. The highest BCUT2D eigenvalue weighted by molar-refractivity contribution is 7.89. The molecule has 0 bridgehead atoms. The molecule has 1 N–H and O–H groups in total.